The van der Waals surface area contributed by atoms with Crippen molar-refractivity contribution in [2.45, 2.75) is 19.8 Å². The van der Waals surface area contributed by atoms with E-state index in [0.717, 1.165) is 19.6 Å². The van der Waals surface area contributed by atoms with Gasteiger partial charge in [-0.25, -0.2) is 0 Å². The highest BCUT2D eigenvalue weighted by Crippen LogP contribution is 2.17. The quantitative estimate of drug-likeness (QED) is 0.736. The van der Waals surface area contributed by atoms with Gasteiger partial charge in [-0.1, -0.05) is 30.3 Å². The SMILES string of the molecule is CCOC(=O)CN(Cc1ccccc1)C1N(C)CCN1C. The monoisotopic (exact) mass is 291 g/mol. The highest BCUT2D eigenvalue weighted by atomic mass is 16.5. The molecule has 0 saturated carbocycles. The molecule has 1 aliphatic heterocycles. The Labute approximate surface area is 127 Å². The molecule has 1 aromatic rings. The Bertz CT molecular complexity index is 442. The molecule has 1 aromatic carbocycles. The van der Waals surface area contributed by atoms with Gasteiger partial charge in [0.05, 0.1) is 13.2 Å². The molecular weight excluding hydrogens is 266 g/mol. The van der Waals surface area contributed by atoms with E-state index in [-0.39, 0.29) is 12.3 Å². The van der Waals surface area contributed by atoms with Gasteiger partial charge in [0.2, 0.25) is 0 Å². The van der Waals surface area contributed by atoms with Crippen LogP contribution in [-0.2, 0) is 16.1 Å². The first-order valence-electron chi connectivity index (χ1n) is 7.46. The molecule has 0 atom stereocenters. The zero-order valence-electron chi connectivity index (χ0n) is 13.2. The van der Waals surface area contributed by atoms with Gasteiger partial charge >= 0.3 is 5.97 Å². The van der Waals surface area contributed by atoms with Gasteiger partial charge in [0.1, 0.15) is 6.29 Å². The lowest BCUT2D eigenvalue weighted by Crippen LogP contribution is -2.51. The number of ether oxygens (including phenoxy) is 1. The molecule has 0 radical (unpaired) electrons. The van der Waals surface area contributed by atoms with Crippen LogP contribution in [0.5, 0.6) is 0 Å². The average molecular weight is 291 g/mol. The lowest BCUT2D eigenvalue weighted by molar-refractivity contribution is -0.147. The first kappa shape index (κ1) is 15.9. The van der Waals surface area contributed by atoms with E-state index in [1.54, 1.807) is 0 Å². The molecule has 0 N–H and O–H groups in total. The summed E-state index contributed by atoms with van der Waals surface area (Å²) in [4.78, 5) is 18.6. The zero-order chi connectivity index (χ0) is 15.2. The Morgan fingerprint density at radius 3 is 2.43 bits per heavy atom. The summed E-state index contributed by atoms with van der Waals surface area (Å²) in [7, 11) is 4.19. The topological polar surface area (TPSA) is 36.0 Å². The maximum atomic E-state index is 11.9. The minimum Gasteiger partial charge on any atom is -0.465 e. The number of rotatable bonds is 6. The average Bonchev–Trinajstić information content (AvgIpc) is 2.79. The second-order valence-corrected chi connectivity index (χ2v) is 5.50. The van der Waals surface area contributed by atoms with Crippen LogP contribution in [0.4, 0.5) is 0 Å². The number of likely N-dealkylation sites (N-methyl/N-ethyl adjacent to an activating group) is 2. The molecule has 0 bridgehead atoms. The van der Waals surface area contributed by atoms with Crippen LogP contribution in [0.1, 0.15) is 12.5 Å². The van der Waals surface area contributed by atoms with Crippen LogP contribution in [0.3, 0.4) is 0 Å². The summed E-state index contributed by atoms with van der Waals surface area (Å²) in [5.74, 6) is -0.165. The molecule has 5 heteroatoms. The Balaban J connectivity index is 2.11. The molecule has 5 nitrogen and oxygen atoms in total. The third kappa shape index (κ3) is 4.27. The van der Waals surface area contributed by atoms with Crippen LogP contribution < -0.4 is 0 Å². The number of hydrogen-bond acceptors (Lipinski definition) is 5. The molecule has 1 fully saturated rings. The molecule has 0 amide bonds. The molecule has 0 spiro atoms. The second-order valence-electron chi connectivity index (χ2n) is 5.50. The fraction of sp³-hybridized carbons (Fsp3) is 0.562. The third-order valence-electron chi connectivity index (χ3n) is 3.79. The Kier molecular flexibility index (Phi) is 5.73. The van der Waals surface area contributed by atoms with Crippen LogP contribution in [-0.4, -0.2) is 67.3 Å². The summed E-state index contributed by atoms with van der Waals surface area (Å²) in [6, 6.07) is 10.2. The highest BCUT2D eigenvalue weighted by Gasteiger charge is 2.33. The van der Waals surface area contributed by atoms with Crippen molar-refractivity contribution in [3.63, 3.8) is 0 Å². The fourth-order valence-electron chi connectivity index (χ4n) is 2.85. The number of esters is 1. The summed E-state index contributed by atoms with van der Waals surface area (Å²) in [5.41, 5.74) is 1.20. The minimum absolute atomic E-state index is 0.134. The van der Waals surface area contributed by atoms with Gasteiger partial charge in [0.15, 0.2) is 0 Å². The first-order chi connectivity index (χ1) is 10.1. The molecule has 1 aliphatic rings. The van der Waals surface area contributed by atoms with Crippen molar-refractivity contribution in [3.8, 4) is 0 Å². The van der Waals surface area contributed by atoms with Gasteiger partial charge in [0.25, 0.3) is 0 Å². The molecule has 0 unspecified atom stereocenters. The molecule has 1 saturated heterocycles. The molecule has 1 heterocycles. The predicted molar refractivity (Wildman–Crippen MR) is 82.5 cm³/mol. The predicted octanol–water partition coefficient (Wildman–Crippen LogP) is 1.21. The van der Waals surface area contributed by atoms with Crippen LogP contribution >= 0.6 is 0 Å². The van der Waals surface area contributed by atoms with Crippen LogP contribution in [0, 0.1) is 0 Å². The van der Waals surface area contributed by atoms with E-state index < -0.39 is 0 Å². The van der Waals surface area contributed by atoms with Crippen LogP contribution in [0.2, 0.25) is 0 Å². The van der Waals surface area contributed by atoms with Gasteiger partial charge in [-0.2, -0.15) is 0 Å². The lowest BCUT2D eigenvalue weighted by atomic mass is 10.2. The van der Waals surface area contributed by atoms with Crippen molar-refractivity contribution < 1.29 is 9.53 Å². The number of carbonyl (C=O) groups excluding carboxylic acids is 1. The maximum Gasteiger partial charge on any atom is 0.320 e. The van der Waals surface area contributed by atoms with E-state index in [1.165, 1.54) is 5.56 Å². The van der Waals surface area contributed by atoms with E-state index in [2.05, 4.69) is 40.9 Å². The fourth-order valence-corrected chi connectivity index (χ4v) is 2.85. The molecule has 2 rings (SSSR count). The third-order valence-corrected chi connectivity index (χ3v) is 3.79. The van der Waals surface area contributed by atoms with Crippen LogP contribution in [0.25, 0.3) is 0 Å². The molecule has 21 heavy (non-hydrogen) atoms. The summed E-state index contributed by atoms with van der Waals surface area (Å²) in [6.07, 6.45) is 0.134. The van der Waals surface area contributed by atoms with E-state index in [1.807, 2.05) is 25.1 Å². The summed E-state index contributed by atoms with van der Waals surface area (Å²) >= 11 is 0. The lowest BCUT2D eigenvalue weighted by Gasteiger charge is -2.36. The summed E-state index contributed by atoms with van der Waals surface area (Å²) in [5, 5.41) is 0. The van der Waals surface area contributed by atoms with Crippen molar-refractivity contribution in [1.29, 1.82) is 0 Å². The van der Waals surface area contributed by atoms with Crippen LogP contribution in [0.15, 0.2) is 30.3 Å². The van der Waals surface area contributed by atoms with Gasteiger partial charge in [0, 0.05) is 19.6 Å². The normalized spacial score (nSPS) is 17.5. The Morgan fingerprint density at radius 2 is 1.86 bits per heavy atom. The number of nitrogens with zero attached hydrogens (tertiary/aromatic N) is 3. The maximum absolute atomic E-state index is 11.9. The van der Waals surface area contributed by atoms with Crippen molar-refractivity contribution in [3.05, 3.63) is 35.9 Å². The highest BCUT2D eigenvalue weighted by molar-refractivity contribution is 5.71. The zero-order valence-corrected chi connectivity index (χ0v) is 13.2. The van der Waals surface area contributed by atoms with E-state index >= 15 is 0 Å². The summed E-state index contributed by atoms with van der Waals surface area (Å²) < 4.78 is 5.12. The standard InChI is InChI=1S/C16H25N3O2/c1-4-21-15(20)13-19(12-14-8-6-5-7-9-14)16-17(2)10-11-18(16)3/h5-9,16H,4,10-13H2,1-3H3. The summed E-state index contributed by atoms with van der Waals surface area (Å²) in [6.45, 7) is 5.33. The van der Waals surface area contributed by atoms with Gasteiger partial charge in [-0.15, -0.1) is 0 Å². The number of hydrogen-bond donors (Lipinski definition) is 0. The van der Waals surface area contributed by atoms with E-state index in [0.29, 0.717) is 13.2 Å². The number of benzene rings is 1. The van der Waals surface area contributed by atoms with Gasteiger partial charge in [-0.3, -0.25) is 19.5 Å². The first-order valence-corrected chi connectivity index (χ1v) is 7.46. The molecule has 0 aliphatic carbocycles. The minimum atomic E-state index is -0.165. The van der Waals surface area contributed by atoms with Crippen molar-refractivity contribution in [2.75, 3.05) is 40.3 Å². The Hall–Kier alpha value is -1.43. The van der Waals surface area contributed by atoms with Gasteiger partial charge in [-0.05, 0) is 26.6 Å². The molecule has 0 aromatic heterocycles. The molecule has 116 valence electrons. The van der Waals surface area contributed by atoms with Gasteiger partial charge < -0.3 is 4.74 Å². The number of carbonyl (C=O) groups is 1. The smallest absolute Gasteiger partial charge is 0.320 e. The molecular formula is C16H25N3O2. The Morgan fingerprint density at radius 1 is 1.24 bits per heavy atom. The van der Waals surface area contributed by atoms with Crippen molar-refractivity contribution >= 4 is 5.97 Å². The van der Waals surface area contributed by atoms with Crippen molar-refractivity contribution in [1.82, 2.24) is 14.7 Å². The second kappa shape index (κ2) is 7.54. The largest absolute Gasteiger partial charge is 0.465 e. The van der Waals surface area contributed by atoms with Crippen molar-refractivity contribution in [2.24, 2.45) is 0 Å². The van der Waals surface area contributed by atoms with E-state index in [4.69, 9.17) is 4.74 Å². The van der Waals surface area contributed by atoms with E-state index in [9.17, 15) is 4.79 Å².